The zero-order valence-electron chi connectivity index (χ0n) is 21.8. The Morgan fingerprint density at radius 2 is 1.28 bits per heavy atom. The molecule has 0 spiro atoms. The van der Waals surface area contributed by atoms with Gasteiger partial charge in [-0.1, -0.05) is 0 Å². The average molecular weight is 523 g/mol. The zero-order chi connectivity index (χ0) is 25.7. The molecule has 12 heteroatoms. The molecule has 6 aromatic rings. The van der Waals surface area contributed by atoms with Crippen molar-refractivity contribution in [1.82, 2.24) is 40.0 Å². The van der Waals surface area contributed by atoms with Crippen molar-refractivity contribution in [2.24, 2.45) is 14.1 Å². The van der Waals surface area contributed by atoms with Crippen molar-refractivity contribution in [3.63, 3.8) is 0 Å². The van der Waals surface area contributed by atoms with Gasteiger partial charge >= 0.3 is 0 Å². The Balaban J connectivity index is 0.000000148. The lowest BCUT2D eigenvalue weighted by Crippen LogP contribution is -2.03. The van der Waals surface area contributed by atoms with E-state index in [1.165, 1.54) is 16.5 Å². The molecule has 0 aliphatic carbocycles. The number of aromatic nitrogens is 8. The molecule has 0 aromatic carbocycles. The number of nitrogens with zero attached hydrogens (tertiary/aromatic N) is 8. The molecule has 10 nitrogen and oxygen atoms in total. The lowest BCUT2D eigenvalue weighted by molar-refractivity contribution is 0.783. The van der Waals surface area contributed by atoms with Crippen LogP contribution in [0.15, 0.2) is 0 Å². The topological polar surface area (TPSA) is 111 Å². The first-order valence-corrected chi connectivity index (χ1v) is 13.6. The number of anilines is 2. The van der Waals surface area contributed by atoms with Crippen molar-refractivity contribution in [3.8, 4) is 0 Å². The molecule has 0 aliphatic heterocycles. The van der Waals surface area contributed by atoms with Crippen molar-refractivity contribution in [1.29, 1.82) is 0 Å². The molecule has 0 fully saturated rings. The van der Waals surface area contributed by atoms with E-state index in [2.05, 4.69) is 68.9 Å². The molecule has 0 aliphatic rings. The highest BCUT2D eigenvalue weighted by Gasteiger charge is 2.19. The molecule has 0 saturated heterocycles. The largest absolute Gasteiger partial charge is 0.369 e. The number of fused-ring (bicyclic) bond motifs is 6. The monoisotopic (exact) mass is 522 g/mol. The Labute approximate surface area is 216 Å². The van der Waals surface area contributed by atoms with E-state index >= 15 is 0 Å². The van der Waals surface area contributed by atoms with E-state index in [9.17, 15) is 0 Å². The summed E-state index contributed by atoms with van der Waals surface area (Å²) < 4.78 is 6.16. The maximum absolute atomic E-state index is 4.62. The van der Waals surface area contributed by atoms with Crippen LogP contribution < -0.4 is 10.6 Å². The van der Waals surface area contributed by atoms with Gasteiger partial charge < -0.3 is 10.6 Å². The second-order valence-electron chi connectivity index (χ2n) is 8.75. The zero-order valence-corrected chi connectivity index (χ0v) is 23.4. The number of thiophene rings is 2. The van der Waals surface area contributed by atoms with Crippen LogP contribution in [0.3, 0.4) is 0 Å². The Morgan fingerprint density at radius 1 is 0.694 bits per heavy atom. The van der Waals surface area contributed by atoms with Gasteiger partial charge in [0.15, 0.2) is 5.82 Å². The molecule has 0 bridgehead atoms. The van der Waals surface area contributed by atoms with Crippen LogP contribution in [0.2, 0.25) is 0 Å². The van der Waals surface area contributed by atoms with E-state index in [1.807, 2.05) is 37.3 Å². The second kappa shape index (κ2) is 9.25. The lowest BCUT2D eigenvalue weighted by atomic mass is 10.1. The SMILES string of the molecule is CCNc1c2sc3nnc(C)c(C)c3c2nn1C.CCNc1nn(C)c2c1sc1nnc(C)c(C)c12. The summed E-state index contributed by atoms with van der Waals surface area (Å²) in [6, 6.07) is 0. The number of hydrogen-bond acceptors (Lipinski definition) is 10. The third-order valence-electron chi connectivity index (χ3n) is 6.41. The summed E-state index contributed by atoms with van der Waals surface area (Å²) in [6.07, 6.45) is 0. The Morgan fingerprint density at radius 3 is 1.92 bits per heavy atom. The molecule has 0 saturated carbocycles. The predicted octanol–water partition coefficient (Wildman–Crippen LogP) is 5.25. The minimum absolute atomic E-state index is 0.865. The van der Waals surface area contributed by atoms with Gasteiger partial charge in [-0.15, -0.1) is 32.9 Å². The number of nitrogens with one attached hydrogen (secondary N) is 2. The summed E-state index contributed by atoms with van der Waals surface area (Å²) in [6.45, 7) is 14.1. The normalized spacial score (nSPS) is 11.6. The summed E-state index contributed by atoms with van der Waals surface area (Å²) >= 11 is 3.30. The van der Waals surface area contributed by atoms with Gasteiger partial charge in [-0.3, -0.25) is 9.36 Å². The summed E-state index contributed by atoms with van der Waals surface area (Å²) in [7, 11) is 3.94. The maximum Gasteiger partial charge on any atom is 0.166 e. The Kier molecular flexibility index (Phi) is 6.25. The van der Waals surface area contributed by atoms with E-state index in [1.54, 1.807) is 22.7 Å². The fraction of sp³-hybridized carbons (Fsp3) is 0.417. The molecule has 0 atom stereocenters. The van der Waals surface area contributed by atoms with E-state index < -0.39 is 0 Å². The summed E-state index contributed by atoms with van der Waals surface area (Å²) in [4.78, 5) is 1.95. The van der Waals surface area contributed by atoms with Gasteiger partial charge in [0.05, 0.1) is 26.3 Å². The minimum Gasteiger partial charge on any atom is -0.369 e. The summed E-state index contributed by atoms with van der Waals surface area (Å²) in [5.74, 6) is 2.00. The van der Waals surface area contributed by atoms with Crippen LogP contribution in [0.1, 0.15) is 36.4 Å². The van der Waals surface area contributed by atoms with Crippen LogP contribution in [0.4, 0.5) is 11.6 Å². The highest BCUT2D eigenvalue weighted by Crippen LogP contribution is 2.39. The highest BCUT2D eigenvalue weighted by molar-refractivity contribution is 7.26. The van der Waals surface area contributed by atoms with Crippen LogP contribution >= 0.6 is 22.7 Å². The first-order chi connectivity index (χ1) is 17.3. The average Bonchev–Trinajstić information content (AvgIpc) is 3.56. The van der Waals surface area contributed by atoms with Gasteiger partial charge in [0, 0.05) is 38.0 Å². The van der Waals surface area contributed by atoms with Gasteiger partial charge in [-0.25, -0.2) is 0 Å². The lowest BCUT2D eigenvalue weighted by Gasteiger charge is -2.02. The molecule has 0 amide bonds. The number of aryl methyl sites for hydroxylation is 6. The van der Waals surface area contributed by atoms with Gasteiger partial charge in [-0.2, -0.15) is 20.4 Å². The summed E-state index contributed by atoms with van der Waals surface area (Å²) in [5.41, 5.74) is 6.50. The third kappa shape index (κ3) is 3.75. The van der Waals surface area contributed by atoms with Crippen molar-refractivity contribution < 1.29 is 0 Å². The molecule has 6 rings (SSSR count). The van der Waals surface area contributed by atoms with E-state index in [4.69, 9.17) is 0 Å². The van der Waals surface area contributed by atoms with Crippen LogP contribution in [-0.4, -0.2) is 53.0 Å². The van der Waals surface area contributed by atoms with Crippen molar-refractivity contribution >= 4 is 75.2 Å². The molecule has 36 heavy (non-hydrogen) atoms. The van der Waals surface area contributed by atoms with Gasteiger partial charge in [-0.05, 0) is 52.7 Å². The molecule has 6 aromatic heterocycles. The highest BCUT2D eigenvalue weighted by atomic mass is 32.1. The van der Waals surface area contributed by atoms with E-state index in [0.29, 0.717) is 0 Å². The van der Waals surface area contributed by atoms with E-state index in [-0.39, 0.29) is 0 Å². The number of hydrogen-bond donors (Lipinski definition) is 2. The second-order valence-corrected chi connectivity index (χ2v) is 10.7. The Bertz CT molecular complexity index is 1740. The van der Waals surface area contributed by atoms with Crippen molar-refractivity contribution in [2.45, 2.75) is 41.5 Å². The van der Waals surface area contributed by atoms with Crippen molar-refractivity contribution in [2.75, 3.05) is 23.7 Å². The molecule has 0 radical (unpaired) electrons. The fourth-order valence-electron chi connectivity index (χ4n) is 4.35. The van der Waals surface area contributed by atoms with Gasteiger partial charge in [0.1, 0.15) is 21.0 Å². The van der Waals surface area contributed by atoms with Crippen LogP contribution in [0, 0.1) is 27.7 Å². The van der Waals surface area contributed by atoms with Gasteiger partial charge in [0.25, 0.3) is 0 Å². The van der Waals surface area contributed by atoms with E-state index in [0.717, 1.165) is 71.6 Å². The van der Waals surface area contributed by atoms with Gasteiger partial charge in [0.2, 0.25) is 0 Å². The molecule has 2 N–H and O–H groups in total. The molecular weight excluding hydrogens is 492 g/mol. The molecular formula is C24H30N10S2. The maximum atomic E-state index is 4.62. The molecule has 6 heterocycles. The Hall–Kier alpha value is -3.38. The molecule has 188 valence electrons. The van der Waals surface area contributed by atoms with Crippen molar-refractivity contribution in [3.05, 3.63) is 22.5 Å². The third-order valence-corrected chi connectivity index (χ3v) is 8.55. The van der Waals surface area contributed by atoms with Crippen LogP contribution in [0.5, 0.6) is 0 Å². The minimum atomic E-state index is 0.865. The van der Waals surface area contributed by atoms with Crippen LogP contribution in [-0.2, 0) is 14.1 Å². The standard InChI is InChI=1S/2C12H15N5S/c1-5-13-11-10-9(17(4)16-11)8-6(2)7(3)14-15-12(8)18-10;1-5-13-11-10-9(16-17(11)4)8-6(2)7(3)14-15-12(8)18-10/h5H2,1-4H3,(H,13,16);13H,5H2,1-4H3. The smallest absolute Gasteiger partial charge is 0.166 e. The fourth-order valence-corrected chi connectivity index (χ4v) is 6.69. The summed E-state index contributed by atoms with van der Waals surface area (Å²) in [5, 5.41) is 35.1. The van der Waals surface area contributed by atoms with Crippen LogP contribution in [0.25, 0.3) is 40.9 Å². The first-order valence-electron chi connectivity index (χ1n) is 11.9. The molecule has 0 unspecified atom stereocenters. The predicted molar refractivity (Wildman–Crippen MR) is 151 cm³/mol. The number of rotatable bonds is 4. The first kappa shape index (κ1) is 24.3. The quantitative estimate of drug-likeness (QED) is 0.323.